The van der Waals surface area contributed by atoms with Gasteiger partial charge in [-0.2, -0.15) is 0 Å². The molecule has 0 radical (unpaired) electrons. The van der Waals surface area contributed by atoms with E-state index in [1.807, 2.05) is 49.4 Å². The summed E-state index contributed by atoms with van der Waals surface area (Å²) in [6.07, 6.45) is 0. The molecule has 23 heavy (non-hydrogen) atoms. The molecule has 1 aromatic heterocycles. The first-order valence-corrected chi connectivity index (χ1v) is 7.85. The Morgan fingerprint density at radius 2 is 1.87 bits per heavy atom. The molecule has 116 valence electrons. The highest BCUT2D eigenvalue weighted by atomic mass is 79.9. The lowest BCUT2D eigenvalue weighted by Gasteiger charge is -2.04. The highest BCUT2D eigenvalue weighted by Crippen LogP contribution is 2.19. The van der Waals surface area contributed by atoms with Crippen LogP contribution in [0.3, 0.4) is 0 Å². The van der Waals surface area contributed by atoms with Crippen molar-refractivity contribution in [3.8, 4) is 11.5 Å². The van der Waals surface area contributed by atoms with Crippen LogP contribution in [0.5, 0.6) is 0 Å². The third-order valence-electron chi connectivity index (χ3n) is 3.28. The maximum atomic E-state index is 12.1. The predicted octanol–water partition coefficient (Wildman–Crippen LogP) is 3.74. The Morgan fingerprint density at radius 1 is 1.13 bits per heavy atom. The zero-order valence-electron chi connectivity index (χ0n) is 12.4. The number of carbonyl (C=O) groups excluding carboxylic acids is 1. The SMILES string of the molecule is Cc1ccc(-c2nnc(CNC(=O)c3ccccc3Br)o2)cc1. The Labute approximate surface area is 141 Å². The number of halogens is 1. The molecule has 5 nitrogen and oxygen atoms in total. The lowest BCUT2D eigenvalue weighted by Crippen LogP contribution is -2.23. The molecule has 0 aliphatic carbocycles. The van der Waals surface area contributed by atoms with Gasteiger partial charge in [0.25, 0.3) is 5.91 Å². The van der Waals surface area contributed by atoms with Gasteiger partial charge >= 0.3 is 0 Å². The van der Waals surface area contributed by atoms with Gasteiger partial charge in [0.1, 0.15) is 0 Å². The van der Waals surface area contributed by atoms with Crippen molar-refractivity contribution in [3.63, 3.8) is 0 Å². The fourth-order valence-corrected chi connectivity index (χ4v) is 2.50. The van der Waals surface area contributed by atoms with Gasteiger partial charge < -0.3 is 9.73 Å². The second-order valence-electron chi connectivity index (χ2n) is 5.03. The van der Waals surface area contributed by atoms with E-state index in [4.69, 9.17) is 4.42 Å². The van der Waals surface area contributed by atoms with Crippen molar-refractivity contribution in [1.82, 2.24) is 15.5 Å². The third-order valence-corrected chi connectivity index (χ3v) is 3.98. The molecule has 1 amide bonds. The van der Waals surface area contributed by atoms with Crippen LogP contribution in [0.25, 0.3) is 11.5 Å². The molecule has 1 N–H and O–H groups in total. The average molecular weight is 372 g/mol. The Bertz CT molecular complexity index is 828. The van der Waals surface area contributed by atoms with Crippen LogP contribution in [-0.2, 0) is 6.54 Å². The van der Waals surface area contributed by atoms with Crippen LogP contribution in [0.1, 0.15) is 21.8 Å². The van der Waals surface area contributed by atoms with Gasteiger partial charge in [0.2, 0.25) is 11.8 Å². The van der Waals surface area contributed by atoms with Crippen molar-refractivity contribution in [2.75, 3.05) is 0 Å². The summed E-state index contributed by atoms with van der Waals surface area (Å²) < 4.78 is 6.32. The fraction of sp³-hybridized carbons (Fsp3) is 0.118. The lowest BCUT2D eigenvalue weighted by molar-refractivity contribution is 0.0946. The number of nitrogens with zero attached hydrogens (tertiary/aromatic N) is 2. The number of hydrogen-bond acceptors (Lipinski definition) is 4. The minimum Gasteiger partial charge on any atom is -0.419 e. The van der Waals surface area contributed by atoms with Gasteiger partial charge in [-0.05, 0) is 47.1 Å². The Hall–Kier alpha value is -2.47. The van der Waals surface area contributed by atoms with Crippen molar-refractivity contribution in [3.05, 3.63) is 70.0 Å². The van der Waals surface area contributed by atoms with Crippen molar-refractivity contribution in [1.29, 1.82) is 0 Å². The molecule has 0 atom stereocenters. The van der Waals surface area contributed by atoms with Crippen molar-refractivity contribution in [2.45, 2.75) is 13.5 Å². The van der Waals surface area contributed by atoms with E-state index in [0.717, 1.165) is 15.6 Å². The van der Waals surface area contributed by atoms with Gasteiger partial charge in [0.15, 0.2) is 0 Å². The van der Waals surface area contributed by atoms with Gasteiger partial charge in [-0.1, -0.05) is 29.8 Å². The van der Waals surface area contributed by atoms with E-state index >= 15 is 0 Å². The van der Waals surface area contributed by atoms with Crippen LogP contribution in [0.2, 0.25) is 0 Å². The van der Waals surface area contributed by atoms with Crippen LogP contribution in [0, 0.1) is 6.92 Å². The molecule has 2 aromatic carbocycles. The number of carbonyl (C=O) groups is 1. The van der Waals surface area contributed by atoms with Gasteiger partial charge in [0.05, 0.1) is 12.1 Å². The zero-order chi connectivity index (χ0) is 16.2. The Balaban J connectivity index is 1.67. The highest BCUT2D eigenvalue weighted by molar-refractivity contribution is 9.10. The van der Waals surface area contributed by atoms with E-state index in [1.165, 1.54) is 0 Å². The first-order chi connectivity index (χ1) is 11.1. The van der Waals surface area contributed by atoms with Crippen molar-refractivity contribution >= 4 is 21.8 Å². The predicted molar refractivity (Wildman–Crippen MR) is 89.8 cm³/mol. The highest BCUT2D eigenvalue weighted by Gasteiger charge is 2.12. The normalized spacial score (nSPS) is 10.5. The van der Waals surface area contributed by atoms with Crippen molar-refractivity contribution < 1.29 is 9.21 Å². The molecule has 0 saturated heterocycles. The second-order valence-corrected chi connectivity index (χ2v) is 5.88. The number of aryl methyl sites for hydroxylation is 1. The second kappa shape index (κ2) is 6.75. The van der Waals surface area contributed by atoms with Crippen LogP contribution < -0.4 is 5.32 Å². The van der Waals surface area contributed by atoms with E-state index in [-0.39, 0.29) is 12.5 Å². The number of rotatable bonds is 4. The summed E-state index contributed by atoms with van der Waals surface area (Å²) in [5, 5.41) is 10.7. The number of nitrogens with one attached hydrogen (secondary N) is 1. The van der Waals surface area contributed by atoms with E-state index in [9.17, 15) is 4.79 Å². The Morgan fingerprint density at radius 3 is 2.61 bits per heavy atom. The molecule has 0 saturated carbocycles. The number of hydrogen-bond donors (Lipinski definition) is 1. The summed E-state index contributed by atoms with van der Waals surface area (Å²) >= 11 is 3.35. The molecule has 3 rings (SSSR count). The quantitative estimate of drug-likeness (QED) is 0.758. The summed E-state index contributed by atoms with van der Waals surface area (Å²) in [7, 11) is 0. The summed E-state index contributed by atoms with van der Waals surface area (Å²) in [6, 6.07) is 15.0. The molecule has 6 heteroatoms. The molecular formula is C17H14BrN3O2. The smallest absolute Gasteiger partial charge is 0.252 e. The third kappa shape index (κ3) is 3.65. The number of aromatic nitrogens is 2. The molecule has 0 unspecified atom stereocenters. The van der Waals surface area contributed by atoms with Crippen LogP contribution in [0.4, 0.5) is 0 Å². The van der Waals surface area contributed by atoms with Crippen LogP contribution >= 0.6 is 15.9 Å². The first-order valence-electron chi connectivity index (χ1n) is 7.05. The maximum absolute atomic E-state index is 12.1. The zero-order valence-corrected chi connectivity index (χ0v) is 14.0. The van der Waals surface area contributed by atoms with Gasteiger partial charge in [-0.15, -0.1) is 10.2 Å². The molecular weight excluding hydrogens is 358 g/mol. The van der Waals surface area contributed by atoms with Gasteiger partial charge in [0, 0.05) is 10.0 Å². The monoisotopic (exact) mass is 371 g/mol. The van der Waals surface area contributed by atoms with E-state index in [2.05, 4.69) is 31.4 Å². The molecule has 0 bridgehead atoms. The molecule has 0 aliphatic rings. The largest absolute Gasteiger partial charge is 0.419 e. The summed E-state index contributed by atoms with van der Waals surface area (Å²) in [5.74, 6) is 0.601. The standard InChI is InChI=1S/C17H14BrN3O2/c1-11-6-8-12(9-7-11)17-21-20-15(23-17)10-19-16(22)13-4-2-3-5-14(13)18/h2-9H,10H2,1H3,(H,19,22). The van der Waals surface area contributed by atoms with E-state index in [0.29, 0.717) is 17.3 Å². The topological polar surface area (TPSA) is 68.0 Å². The van der Waals surface area contributed by atoms with E-state index < -0.39 is 0 Å². The molecule has 0 aliphatic heterocycles. The van der Waals surface area contributed by atoms with Crippen molar-refractivity contribution in [2.24, 2.45) is 0 Å². The first kappa shape index (κ1) is 15.4. The molecule has 0 fully saturated rings. The minimum atomic E-state index is -0.201. The minimum absolute atomic E-state index is 0.180. The van der Waals surface area contributed by atoms with E-state index in [1.54, 1.807) is 6.07 Å². The van der Waals surface area contributed by atoms with Gasteiger partial charge in [-0.3, -0.25) is 4.79 Å². The maximum Gasteiger partial charge on any atom is 0.252 e. The summed E-state index contributed by atoms with van der Waals surface area (Å²) in [4.78, 5) is 12.1. The number of benzene rings is 2. The Kier molecular flexibility index (Phi) is 4.52. The summed E-state index contributed by atoms with van der Waals surface area (Å²) in [5.41, 5.74) is 2.58. The molecule has 3 aromatic rings. The van der Waals surface area contributed by atoms with Gasteiger partial charge in [-0.25, -0.2) is 0 Å². The van der Waals surface area contributed by atoms with Crippen LogP contribution in [0.15, 0.2) is 57.4 Å². The molecule has 0 spiro atoms. The molecule has 1 heterocycles. The summed E-state index contributed by atoms with van der Waals surface area (Å²) in [6.45, 7) is 2.19. The fourth-order valence-electron chi connectivity index (χ4n) is 2.03. The van der Waals surface area contributed by atoms with Crippen LogP contribution in [-0.4, -0.2) is 16.1 Å². The number of amides is 1. The average Bonchev–Trinajstić information content (AvgIpc) is 3.03. The lowest BCUT2D eigenvalue weighted by atomic mass is 10.1.